The highest BCUT2D eigenvalue weighted by atomic mass is 32.1. The first-order chi connectivity index (χ1) is 15.9. The predicted octanol–water partition coefficient (Wildman–Crippen LogP) is 4.56. The van der Waals surface area contributed by atoms with E-state index in [1.807, 2.05) is 31.4 Å². The lowest BCUT2D eigenvalue weighted by Gasteiger charge is -2.09. The number of ether oxygens (including phenoxy) is 1. The first-order valence-corrected chi connectivity index (χ1v) is 11.4. The van der Waals surface area contributed by atoms with Crippen molar-refractivity contribution >= 4 is 39.1 Å². The van der Waals surface area contributed by atoms with Crippen LogP contribution in [0.2, 0.25) is 0 Å². The molecule has 2 aromatic heterocycles. The van der Waals surface area contributed by atoms with Crippen LogP contribution in [0.1, 0.15) is 28.4 Å². The van der Waals surface area contributed by atoms with Crippen molar-refractivity contribution in [3.05, 3.63) is 81.2 Å². The van der Waals surface area contributed by atoms with Crippen molar-refractivity contribution in [1.82, 2.24) is 9.55 Å². The van der Waals surface area contributed by atoms with Crippen LogP contribution in [0.5, 0.6) is 0 Å². The summed E-state index contributed by atoms with van der Waals surface area (Å²) in [6.45, 7) is 5.93. The Morgan fingerprint density at radius 3 is 2.55 bits per heavy atom. The smallest absolute Gasteiger partial charge is 0.338 e. The average Bonchev–Trinajstić information content (AvgIpc) is 3.23. The highest BCUT2D eigenvalue weighted by Crippen LogP contribution is 2.31. The van der Waals surface area contributed by atoms with Gasteiger partial charge >= 0.3 is 5.97 Å². The Balaban J connectivity index is 1.56. The Kier molecular flexibility index (Phi) is 6.37. The first kappa shape index (κ1) is 22.4. The summed E-state index contributed by atoms with van der Waals surface area (Å²) >= 11 is 1.41. The number of nitrogens with one attached hydrogen (secondary N) is 1. The fourth-order valence-electron chi connectivity index (χ4n) is 3.46. The van der Waals surface area contributed by atoms with Crippen molar-refractivity contribution in [2.24, 2.45) is 0 Å². The summed E-state index contributed by atoms with van der Waals surface area (Å²) in [7, 11) is 0. The van der Waals surface area contributed by atoms with E-state index in [-0.39, 0.29) is 18.0 Å². The van der Waals surface area contributed by atoms with Crippen LogP contribution in [0.15, 0.2) is 59.0 Å². The van der Waals surface area contributed by atoms with Gasteiger partial charge in [0.15, 0.2) is 0 Å². The lowest BCUT2D eigenvalue weighted by atomic mass is 10.0. The van der Waals surface area contributed by atoms with Gasteiger partial charge in [-0.1, -0.05) is 18.2 Å². The lowest BCUT2D eigenvalue weighted by Crippen LogP contribution is -2.27. The number of hydrogen-bond donors (Lipinski definition) is 1. The molecule has 0 aliphatic rings. The van der Waals surface area contributed by atoms with Crippen molar-refractivity contribution in [3.63, 3.8) is 0 Å². The number of nitrogens with zero attached hydrogens (tertiary/aromatic N) is 2. The zero-order valence-corrected chi connectivity index (χ0v) is 19.4. The molecule has 2 aromatic carbocycles. The number of aromatic nitrogens is 2. The number of anilines is 1. The number of carbonyl (C=O) groups excluding carboxylic acids is 2. The highest BCUT2D eigenvalue weighted by Gasteiger charge is 2.15. The number of thiophene rings is 1. The van der Waals surface area contributed by atoms with Gasteiger partial charge in [-0.25, -0.2) is 9.78 Å². The molecule has 0 aliphatic heterocycles. The quantitative estimate of drug-likeness (QED) is 0.425. The third kappa shape index (κ3) is 4.70. The van der Waals surface area contributed by atoms with E-state index in [0.717, 1.165) is 16.7 Å². The average molecular weight is 462 g/mol. The molecule has 168 valence electrons. The van der Waals surface area contributed by atoms with E-state index in [1.54, 1.807) is 31.2 Å². The summed E-state index contributed by atoms with van der Waals surface area (Å²) in [6.07, 6.45) is 1.40. The van der Waals surface area contributed by atoms with Crippen LogP contribution in [0, 0.1) is 13.8 Å². The van der Waals surface area contributed by atoms with Crippen molar-refractivity contribution in [2.75, 3.05) is 11.9 Å². The maximum absolute atomic E-state index is 13.2. The Labute approximate surface area is 194 Å². The van der Waals surface area contributed by atoms with Gasteiger partial charge in [-0.2, -0.15) is 0 Å². The molecule has 33 heavy (non-hydrogen) atoms. The number of hydrogen-bond acceptors (Lipinski definition) is 6. The second-order valence-corrected chi connectivity index (χ2v) is 8.51. The fraction of sp³-hybridized carbons (Fsp3) is 0.200. The topological polar surface area (TPSA) is 90.3 Å². The van der Waals surface area contributed by atoms with E-state index >= 15 is 0 Å². The molecule has 0 saturated carbocycles. The number of rotatable bonds is 6. The summed E-state index contributed by atoms with van der Waals surface area (Å²) in [5, 5.41) is 5.18. The van der Waals surface area contributed by atoms with Crippen molar-refractivity contribution in [3.8, 4) is 11.1 Å². The van der Waals surface area contributed by atoms with Gasteiger partial charge in [0.05, 0.1) is 23.9 Å². The molecule has 0 bridgehead atoms. The molecule has 1 amide bonds. The number of amides is 1. The molecule has 4 rings (SSSR count). The molecule has 0 unspecified atom stereocenters. The molecule has 0 spiro atoms. The minimum atomic E-state index is -0.420. The summed E-state index contributed by atoms with van der Waals surface area (Å²) in [6, 6.07) is 12.5. The third-order valence-corrected chi connectivity index (χ3v) is 6.26. The zero-order valence-electron chi connectivity index (χ0n) is 18.5. The highest BCUT2D eigenvalue weighted by molar-refractivity contribution is 7.17. The van der Waals surface area contributed by atoms with Crippen LogP contribution in [-0.4, -0.2) is 28.0 Å². The van der Waals surface area contributed by atoms with Gasteiger partial charge in [0.1, 0.15) is 11.4 Å². The lowest BCUT2D eigenvalue weighted by molar-refractivity contribution is -0.116. The third-order valence-electron chi connectivity index (χ3n) is 5.37. The number of fused-ring (bicyclic) bond motifs is 1. The molecule has 7 nitrogen and oxygen atoms in total. The van der Waals surface area contributed by atoms with Crippen molar-refractivity contribution < 1.29 is 14.3 Å². The standard InChI is InChI=1S/C25H23N3O4S/c1-4-32-25(31)17-7-9-19(10-8-17)27-21(29)12-28-14-26-23-22(24(28)30)20(13-33-23)18-6-5-15(2)16(3)11-18/h5-11,13-14H,4,12H2,1-3H3,(H,27,29). The van der Waals surface area contributed by atoms with E-state index in [1.165, 1.54) is 27.8 Å². The van der Waals surface area contributed by atoms with E-state index < -0.39 is 5.97 Å². The Hall–Kier alpha value is -3.78. The summed E-state index contributed by atoms with van der Waals surface area (Å²) in [5.74, 6) is -0.790. The van der Waals surface area contributed by atoms with E-state index in [0.29, 0.717) is 28.1 Å². The van der Waals surface area contributed by atoms with Gasteiger partial charge in [-0.05, 0) is 61.7 Å². The van der Waals surface area contributed by atoms with Crippen molar-refractivity contribution in [2.45, 2.75) is 27.3 Å². The van der Waals surface area contributed by atoms with Crippen LogP contribution >= 0.6 is 11.3 Å². The van der Waals surface area contributed by atoms with Gasteiger partial charge in [0, 0.05) is 16.6 Å². The minimum Gasteiger partial charge on any atom is -0.462 e. The normalized spacial score (nSPS) is 10.9. The largest absolute Gasteiger partial charge is 0.462 e. The summed E-state index contributed by atoms with van der Waals surface area (Å²) < 4.78 is 6.26. The maximum Gasteiger partial charge on any atom is 0.338 e. The first-order valence-electron chi connectivity index (χ1n) is 10.5. The monoisotopic (exact) mass is 461 g/mol. The van der Waals surface area contributed by atoms with E-state index in [2.05, 4.69) is 16.4 Å². The van der Waals surface area contributed by atoms with E-state index in [9.17, 15) is 14.4 Å². The van der Waals surface area contributed by atoms with Crippen LogP contribution in [-0.2, 0) is 16.1 Å². The molecular formula is C25H23N3O4S. The summed E-state index contributed by atoms with van der Waals surface area (Å²) in [4.78, 5) is 42.6. The van der Waals surface area contributed by atoms with Crippen LogP contribution in [0.25, 0.3) is 21.3 Å². The van der Waals surface area contributed by atoms with Gasteiger partial charge in [0.25, 0.3) is 5.56 Å². The minimum absolute atomic E-state index is 0.177. The Bertz CT molecular complexity index is 1400. The zero-order chi connectivity index (χ0) is 23.5. The molecule has 4 aromatic rings. The molecule has 0 aliphatic carbocycles. The second kappa shape index (κ2) is 9.38. The van der Waals surface area contributed by atoms with E-state index in [4.69, 9.17) is 4.74 Å². The molecule has 1 N–H and O–H groups in total. The Morgan fingerprint density at radius 1 is 1.09 bits per heavy atom. The molecule has 0 fully saturated rings. The molecule has 2 heterocycles. The van der Waals surface area contributed by atoms with Crippen molar-refractivity contribution in [1.29, 1.82) is 0 Å². The predicted molar refractivity (Wildman–Crippen MR) is 130 cm³/mol. The number of esters is 1. The van der Waals surface area contributed by atoms with Gasteiger partial charge in [0.2, 0.25) is 5.91 Å². The SMILES string of the molecule is CCOC(=O)c1ccc(NC(=O)Cn2cnc3scc(-c4ccc(C)c(C)c4)c3c2=O)cc1. The molecule has 0 atom stereocenters. The molecular weight excluding hydrogens is 438 g/mol. The van der Waals surface area contributed by atoms with Gasteiger partial charge < -0.3 is 10.1 Å². The van der Waals surface area contributed by atoms with Crippen LogP contribution in [0.3, 0.4) is 0 Å². The van der Waals surface area contributed by atoms with Gasteiger partial charge in [-0.15, -0.1) is 11.3 Å². The second-order valence-electron chi connectivity index (χ2n) is 7.65. The number of aryl methyl sites for hydroxylation is 2. The van der Waals surface area contributed by atoms with Crippen LogP contribution in [0.4, 0.5) is 5.69 Å². The number of carbonyl (C=O) groups is 2. The summed E-state index contributed by atoms with van der Waals surface area (Å²) in [5.41, 5.74) is 4.75. The molecule has 0 radical (unpaired) electrons. The number of benzene rings is 2. The van der Waals surface area contributed by atoms with Gasteiger partial charge in [-0.3, -0.25) is 14.2 Å². The fourth-order valence-corrected chi connectivity index (χ4v) is 4.37. The van der Waals surface area contributed by atoms with Crippen LogP contribution < -0.4 is 10.9 Å². The molecule has 0 saturated heterocycles. The molecule has 8 heteroatoms. The maximum atomic E-state index is 13.2. The Morgan fingerprint density at radius 2 is 1.85 bits per heavy atom.